The number of hydrogen-bond acceptors (Lipinski definition) is 4. The van der Waals surface area contributed by atoms with Gasteiger partial charge >= 0.3 is 0 Å². The molecular weight excluding hydrogens is 376 g/mol. The lowest BCUT2D eigenvalue weighted by atomic mass is 10.1. The first kappa shape index (κ1) is 20.4. The zero-order valence-electron chi connectivity index (χ0n) is 16.3. The molecule has 1 aliphatic heterocycles. The van der Waals surface area contributed by atoms with Gasteiger partial charge in [0.1, 0.15) is 5.75 Å². The Bertz CT molecular complexity index is 949. The van der Waals surface area contributed by atoms with Crippen molar-refractivity contribution >= 4 is 21.6 Å². The van der Waals surface area contributed by atoms with E-state index in [0.29, 0.717) is 35.7 Å². The normalized spacial score (nSPS) is 15.6. The van der Waals surface area contributed by atoms with E-state index >= 15 is 0 Å². The summed E-state index contributed by atoms with van der Waals surface area (Å²) in [6.45, 7) is 2.84. The highest BCUT2D eigenvalue weighted by atomic mass is 32.2. The van der Waals surface area contributed by atoms with Gasteiger partial charge < -0.3 is 10.1 Å². The van der Waals surface area contributed by atoms with Crippen molar-refractivity contribution in [2.75, 3.05) is 25.5 Å². The lowest BCUT2D eigenvalue weighted by molar-refractivity contribution is 0.102. The van der Waals surface area contributed by atoms with Gasteiger partial charge in [0.25, 0.3) is 5.91 Å². The van der Waals surface area contributed by atoms with Crippen LogP contribution in [0.1, 0.15) is 41.6 Å². The number of hydrogen-bond donors (Lipinski definition) is 1. The molecule has 1 amide bonds. The lowest BCUT2D eigenvalue weighted by Crippen LogP contribution is -2.32. The molecule has 0 unspecified atom stereocenters. The number of nitrogens with zero attached hydrogens (tertiary/aromatic N) is 1. The molecule has 2 aromatic carbocycles. The monoisotopic (exact) mass is 402 g/mol. The van der Waals surface area contributed by atoms with E-state index in [0.717, 1.165) is 25.7 Å². The molecule has 1 N–H and O–H groups in total. The van der Waals surface area contributed by atoms with Gasteiger partial charge in [-0.3, -0.25) is 4.79 Å². The molecule has 0 atom stereocenters. The minimum absolute atomic E-state index is 0.158. The summed E-state index contributed by atoms with van der Waals surface area (Å²) >= 11 is 0. The summed E-state index contributed by atoms with van der Waals surface area (Å²) in [5, 5.41) is 2.81. The molecule has 0 radical (unpaired) electrons. The third kappa shape index (κ3) is 4.36. The van der Waals surface area contributed by atoms with Gasteiger partial charge in [-0.2, -0.15) is 4.31 Å². The van der Waals surface area contributed by atoms with Crippen LogP contribution in [0.25, 0.3) is 0 Å². The first-order valence-corrected chi connectivity index (χ1v) is 10.9. The van der Waals surface area contributed by atoms with Gasteiger partial charge in [0, 0.05) is 18.7 Å². The van der Waals surface area contributed by atoms with E-state index in [9.17, 15) is 13.2 Å². The number of ether oxygens (including phenoxy) is 1. The second kappa shape index (κ2) is 8.75. The molecule has 0 aliphatic carbocycles. The van der Waals surface area contributed by atoms with Crippen molar-refractivity contribution in [3.8, 4) is 5.75 Å². The number of carbonyl (C=O) groups is 1. The lowest BCUT2D eigenvalue weighted by Gasteiger charge is -2.20. The Labute approximate surface area is 166 Å². The Morgan fingerprint density at radius 1 is 1.04 bits per heavy atom. The summed E-state index contributed by atoms with van der Waals surface area (Å²) in [5.74, 6) is 0.178. The largest absolute Gasteiger partial charge is 0.495 e. The molecule has 1 saturated heterocycles. The van der Waals surface area contributed by atoms with E-state index in [2.05, 4.69) is 5.32 Å². The van der Waals surface area contributed by atoms with Crippen LogP contribution in [0.15, 0.2) is 47.4 Å². The molecular formula is C21H26N2O4S. The molecule has 28 heavy (non-hydrogen) atoms. The summed E-state index contributed by atoms with van der Waals surface area (Å²) in [7, 11) is -2.08. The molecule has 150 valence electrons. The van der Waals surface area contributed by atoms with Crippen LogP contribution in [-0.2, 0) is 10.0 Å². The van der Waals surface area contributed by atoms with Crippen LogP contribution < -0.4 is 10.1 Å². The second-order valence-corrected chi connectivity index (χ2v) is 8.89. The molecule has 0 spiro atoms. The third-order valence-electron chi connectivity index (χ3n) is 5.01. The average molecular weight is 403 g/mol. The van der Waals surface area contributed by atoms with Gasteiger partial charge in [-0.1, -0.05) is 31.0 Å². The van der Waals surface area contributed by atoms with Gasteiger partial charge in [-0.25, -0.2) is 8.42 Å². The fraction of sp³-hybridized carbons (Fsp3) is 0.381. The zero-order valence-corrected chi connectivity index (χ0v) is 17.1. The van der Waals surface area contributed by atoms with E-state index in [-0.39, 0.29) is 10.8 Å². The number of methoxy groups -OCH3 is 1. The van der Waals surface area contributed by atoms with Gasteiger partial charge in [0.2, 0.25) is 10.0 Å². The highest BCUT2D eigenvalue weighted by Gasteiger charge is 2.26. The summed E-state index contributed by atoms with van der Waals surface area (Å²) in [6.07, 6.45) is 3.83. The Balaban J connectivity index is 1.89. The number of rotatable bonds is 5. The highest BCUT2D eigenvalue weighted by molar-refractivity contribution is 7.89. The molecule has 0 aromatic heterocycles. The number of carbonyl (C=O) groups excluding carboxylic acids is 1. The maximum atomic E-state index is 13.1. The van der Waals surface area contributed by atoms with Crippen molar-refractivity contribution in [1.29, 1.82) is 0 Å². The molecule has 1 heterocycles. The van der Waals surface area contributed by atoms with E-state index < -0.39 is 10.0 Å². The quantitative estimate of drug-likeness (QED) is 0.825. The van der Waals surface area contributed by atoms with E-state index in [1.54, 1.807) is 37.3 Å². The standard InChI is InChI=1S/C21H26N2O4S/c1-16-11-12-17(28(25,26)23-13-7-3-4-8-14-23)15-18(16)21(24)22-19-9-5-6-10-20(19)27-2/h5-6,9-12,15H,3-4,7-8,13-14H2,1-2H3,(H,22,24). The maximum Gasteiger partial charge on any atom is 0.256 e. The number of sulfonamides is 1. The minimum Gasteiger partial charge on any atom is -0.495 e. The smallest absolute Gasteiger partial charge is 0.256 e. The van der Waals surface area contributed by atoms with Crippen molar-refractivity contribution in [3.63, 3.8) is 0 Å². The molecule has 3 rings (SSSR count). The molecule has 0 saturated carbocycles. The van der Waals surface area contributed by atoms with Crippen molar-refractivity contribution in [2.45, 2.75) is 37.5 Å². The number of benzene rings is 2. The average Bonchev–Trinajstić information content (AvgIpc) is 2.98. The number of nitrogens with one attached hydrogen (secondary N) is 1. The van der Waals surface area contributed by atoms with Crippen molar-refractivity contribution in [3.05, 3.63) is 53.6 Å². The molecule has 2 aromatic rings. The summed E-state index contributed by atoms with van der Waals surface area (Å²) in [5.41, 5.74) is 1.58. The van der Waals surface area contributed by atoms with Crippen LogP contribution >= 0.6 is 0 Å². The van der Waals surface area contributed by atoms with Crippen molar-refractivity contribution < 1.29 is 17.9 Å². The van der Waals surface area contributed by atoms with Crippen LogP contribution in [0.3, 0.4) is 0 Å². The predicted molar refractivity (Wildman–Crippen MR) is 109 cm³/mol. The highest BCUT2D eigenvalue weighted by Crippen LogP contribution is 2.26. The Hall–Kier alpha value is -2.38. The number of aryl methyl sites for hydroxylation is 1. The topological polar surface area (TPSA) is 75.7 Å². The summed E-state index contributed by atoms with van der Waals surface area (Å²) < 4.78 is 32.9. The van der Waals surface area contributed by atoms with Crippen LogP contribution in [0, 0.1) is 6.92 Å². The van der Waals surface area contributed by atoms with Crippen molar-refractivity contribution in [2.24, 2.45) is 0 Å². The first-order valence-electron chi connectivity index (χ1n) is 9.48. The predicted octanol–water partition coefficient (Wildman–Crippen LogP) is 3.82. The van der Waals surface area contributed by atoms with Crippen LogP contribution in [-0.4, -0.2) is 38.8 Å². The molecule has 1 aliphatic rings. The van der Waals surface area contributed by atoms with Gasteiger partial charge in [-0.15, -0.1) is 0 Å². The molecule has 6 nitrogen and oxygen atoms in total. The molecule has 7 heteroatoms. The van der Waals surface area contributed by atoms with Crippen LogP contribution in [0.5, 0.6) is 5.75 Å². The third-order valence-corrected chi connectivity index (χ3v) is 6.91. The first-order chi connectivity index (χ1) is 13.4. The Kier molecular flexibility index (Phi) is 6.36. The van der Waals surface area contributed by atoms with E-state index in [4.69, 9.17) is 4.74 Å². The van der Waals surface area contributed by atoms with E-state index in [1.165, 1.54) is 17.5 Å². The van der Waals surface area contributed by atoms with E-state index in [1.807, 2.05) is 6.07 Å². The maximum absolute atomic E-state index is 13.1. The van der Waals surface area contributed by atoms with Crippen LogP contribution in [0.4, 0.5) is 5.69 Å². The SMILES string of the molecule is COc1ccccc1NC(=O)c1cc(S(=O)(=O)N2CCCCCC2)ccc1C. The van der Waals surface area contributed by atoms with Gasteiger partial charge in [-0.05, 0) is 49.6 Å². The number of para-hydroxylation sites is 2. The Morgan fingerprint density at radius 2 is 1.71 bits per heavy atom. The molecule has 1 fully saturated rings. The second-order valence-electron chi connectivity index (χ2n) is 6.95. The van der Waals surface area contributed by atoms with Crippen LogP contribution in [0.2, 0.25) is 0 Å². The van der Waals surface area contributed by atoms with Gasteiger partial charge in [0.15, 0.2) is 0 Å². The summed E-state index contributed by atoms with van der Waals surface area (Å²) in [4.78, 5) is 13.0. The zero-order chi connectivity index (χ0) is 20.1. The number of amides is 1. The number of anilines is 1. The molecule has 0 bridgehead atoms. The minimum atomic E-state index is -3.62. The van der Waals surface area contributed by atoms with Crippen molar-refractivity contribution in [1.82, 2.24) is 4.31 Å². The fourth-order valence-corrected chi connectivity index (χ4v) is 4.92. The van der Waals surface area contributed by atoms with Gasteiger partial charge in [0.05, 0.1) is 17.7 Å². The Morgan fingerprint density at radius 3 is 2.39 bits per heavy atom. The summed E-state index contributed by atoms with van der Waals surface area (Å²) in [6, 6.07) is 11.8. The fourth-order valence-electron chi connectivity index (χ4n) is 3.37.